The molecule has 1 aromatic carbocycles. The first-order valence-electron chi connectivity index (χ1n) is 10.8. The number of hydrogen-bond acceptors (Lipinski definition) is 2. The third kappa shape index (κ3) is 5.64. The van der Waals surface area contributed by atoms with Gasteiger partial charge in [0, 0.05) is 12.5 Å². The SMILES string of the molecule is C[C@H]([C@H](C(=O)Nc1cc(CC2(C(=O)O)CC2)ccc1F)C1C=CC(C(C)(F)F)=CC1)C(F)(F)F. The lowest BCUT2D eigenvalue weighted by Crippen LogP contribution is -2.40. The molecule has 0 bridgehead atoms. The summed E-state index contributed by atoms with van der Waals surface area (Å²) in [4.78, 5) is 24.4. The first-order chi connectivity index (χ1) is 15.6. The number of alkyl halides is 5. The number of aliphatic carboxylic acids is 1. The lowest BCUT2D eigenvalue weighted by atomic mass is 9.77. The maximum absolute atomic E-state index is 14.4. The topological polar surface area (TPSA) is 66.4 Å². The van der Waals surface area contributed by atoms with Gasteiger partial charge in [-0.25, -0.2) is 13.2 Å². The van der Waals surface area contributed by atoms with E-state index in [1.165, 1.54) is 12.1 Å². The van der Waals surface area contributed by atoms with Gasteiger partial charge in [-0.3, -0.25) is 9.59 Å². The number of carboxylic acids is 1. The lowest BCUT2D eigenvalue weighted by molar-refractivity contribution is -0.188. The van der Waals surface area contributed by atoms with Crippen molar-refractivity contribution in [3.05, 3.63) is 53.4 Å². The molecule has 4 nitrogen and oxygen atoms in total. The van der Waals surface area contributed by atoms with Crippen molar-refractivity contribution in [3.63, 3.8) is 0 Å². The van der Waals surface area contributed by atoms with Gasteiger partial charge in [0.05, 0.1) is 22.9 Å². The fourth-order valence-electron chi connectivity index (χ4n) is 4.23. The summed E-state index contributed by atoms with van der Waals surface area (Å²) in [6.45, 7) is 1.49. The van der Waals surface area contributed by atoms with Gasteiger partial charge in [0.25, 0.3) is 5.92 Å². The van der Waals surface area contributed by atoms with Crippen molar-refractivity contribution in [2.24, 2.45) is 23.2 Å². The minimum atomic E-state index is -4.76. The highest BCUT2D eigenvalue weighted by Crippen LogP contribution is 2.49. The molecule has 2 N–H and O–H groups in total. The second-order valence-electron chi connectivity index (χ2n) is 9.23. The molecule has 0 heterocycles. The van der Waals surface area contributed by atoms with Crippen LogP contribution in [0, 0.1) is 29.0 Å². The molecule has 1 amide bonds. The third-order valence-electron chi connectivity index (χ3n) is 6.60. The number of benzene rings is 1. The van der Waals surface area contributed by atoms with Crippen molar-refractivity contribution in [2.75, 3.05) is 5.32 Å². The fourth-order valence-corrected chi connectivity index (χ4v) is 4.23. The summed E-state index contributed by atoms with van der Waals surface area (Å²) in [5.41, 5.74) is -1.25. The number of nitrogens with one attached hydrogen (secondary N) is 1. The van der Waals surface area contributed by atoms with Crippen molar-refractivity contribution in [1.82, 2.24) is 0 Å². The van der Waals surface area contributed by atoms with Crippen LogP contribution in [0.2, 0.25) is 0 Å². The summed E-state index contributed by atoms with van der Waals surface area (Å²) in [5.74, 6) is -11.0. The Bertz CT molecular complexity index is 1020. The second kappa shape index (κ2) is 9.11. The summed E-state index contributed by atoms with van der Waals surface area (Å²) in [6, 6.07) is 3.60. The average Bonchev–Trinajstić information content (AvgIpc) is 3.50. The lowest BCUT2D eigenvalue weighted by Gasteiger charge is -2.32. The molecule has 0 radical (unpaired) electrons. The predicted molar refractivity (Wildman–Crippen MR) is 113 cm³/mol. The number of halogens is 6. The number of amides is 1. The molecule has 0 saturated heterocycles. The highest BCUT2D eigenvalue weighted by molar-refractivity contribution is 5.93. The van der Waals surface area contributed by atoms with Crippen LogP contribution >= 0.6 is 0 Å². The Morgan fingerprint density at radius 2 is 1.85 bits per heavy atom. The number of anilines is 1. The summed E-state index contributed by atoms with van der Waals surface area (Å²) >= 11 is 0. The quantitative estimate of drug-likeness (QED) is 0.431. The molecule has 1 saturated carbocycles. The van der Waals surface area contributed by atoms with Crippen LogP contribution in [0.4, 0.5) is 32.0 Å². The average molecular weight is 489 g/mol. The molecule has 1 fully saturated rings. The molecule has 186 valence electrons. The molecule has 3 atom stereocenters. The monoisotopic (exact) mass is 489 g/mol. The highest BCUT2D eigenvalue weighted by Gasteiger charge is 2.50. The van der Waals surface area contributed by atoms with Gasteiger partial charge in [0.15, 0.2) is 0 Å². The number of rotatable bonds is 8. The van der Waals surface area contributed by atoms with Crippen molar-refractivity contribution in [3.8, 4) is 0 Å². The molecular weight excluding hydrogens is 464 g/mol. The minimum Gasteiger partial charge on any atom is -0.481 e. The van der Waals surface area contributed by atoms with E-state index >= 15 is 0 Å². The molecule has 0 spiro atoms. The molecule has 0 aromatic heterocycles. The fraction of sp³-hybridized carbons (Fsp3) is 0.500. The normalized spacial score (nSPS) is 21.4. The molecule has 1 aromatic rings. The van der Waals surface area contributed by atoms with E-state index in [9.17, 15) is 41.0 Å². The first kappa shape index (κ1) is 25.8. The Hall–Kier alpha value is -2.78. The minimum absolute atomic E-state index is 0.0953. The Morgan fingerprint density at radius 1 is 1.21 bits per heavy atom. The van der Waals surface area contributed by atoms with Crippen molar-refractivity contribution < 1.29 is 41.0 Å². The van der Waals surface area contributed by atoms with E-state index in [2.05, 4.69) is 5.32 Å². The van der Waals surface area contributed by atoms with E-state index in [1.54, 1.807) is 0 Å². The predicted octanol–water partition coefficient (Wildman–Crippen LogP) is 6.14. The number of allylic oxidation sites excluding steroid dienone is 4. The molecule has 2 aliphatic carbocycles. The molecular formula is C24H25F6NO3. The van der Waals surface area contributed by atoms with Gasteiger partial charge >= 0.3 is 12.1 Å². The van der Waals surface area contributed by atoms with Crippen molar-refractivity contribution in [1.29, 1.82) is 0 Å². The zero-order valence-corrected chi connectivity index (χ0v) is 18.6. The van der Waals surface area contributed by atoms with Gasteiger partial charge < -0.3 is 10.4 Å². The standard InChI is InChI=1S/C24H25F6NO3/c1-13(24(28,29)30)19(15-4-6-16(7-5-15)22(2,26)27)20(32)31-18-11-14(3-8-17(18)25)12-23(9-10-23)21(33)34/h3-4,6-8,11,13,15,19H,5,9-10,12H2,1-2H3,(H,31,32)(H,33,34)/t13-,15?,19+/m1/s1. The zero-order chi connectivity index (χ0) is 25.5. The molecule has 0 aliphatic heterocycles. The van der Waals surface area contributed by atoms with Gasteiger partial charge in [-0.05, 0) is 49.3 Å². The number of carbonyl (C=O) groups excluding carboxylic acids is 1. The number of hydrogen-bond donors (Lipinski definition) is 2. The Kier molecular flexibility index (Phi) is 6.92. The van der Waals surface area contributed by atoms with Crippen molar-refractivity contribution >= 4 is 17.6 Å². The Morgan fingerprint density at radius 3 is 2.32 bits per heavy atom. The van der Waals surface area contributed by atoms with E-state index < -0.39 is 53.0 Å². The van der Waals surface area contributed by atoms with Gasteiger partial charge in [-0.15, -0.1) is 0 Å². The van der Waals surface area contributed by atoms with Crippen LogP contribution in [0.3, 0.4) is 0 Å². The molecule has 3 rings (SSSR count). The second-order valence-corrected chi connectivity index (χ2v) is 9.23. The van der Waals surface area contributed by atoms with Gasteiger partial charge in [0.1, 0.15) is 5.82 Å². The summed E-state index contributed by atoms with van der Waals surface area (Å²) < 4.78 is 82.1. The van der Waals surface area contributed by atoms with Crippen molar-refractivity contribution in [2.45, 2.75) is 51.6 Å². The Balaban J connectivity index is 1.84. The first-order valence-corrected chi connectivity index (χ1v) is 10.8. The number of carboxylic acid groups (broad SMARTS) is 1. The highest BCUT2D eigenvalue weighted by atomic mass is 19.4. The molecule has 2 aliphatic rings. The van der Waals surface area contributed by atoms with Crippen LogP contribution in [0.15, 0.2) is 42.0 Å². The van der Waals surface area contributed by atoms with E-state index in [4.69, 9.17) is 0 Å². The third-order valence-corrected chi connectivity index (χ3v) is 6.60. The van der Waals surface area contributed by atoms with E-state index in [0.717, 1.165) is 31.2 Å². The van der Waals surface area contributed by atoms with Crippen LogP contribution in [0.1, 0.15) is 38.7 Å². The largest absolute Gasteiger partial charge is 0.481 e. The van der Waals surface area contributed by atoms with E-state index in [1.807, 2.05) is 0 Å². The van der Waals surface area contributed by atoms with Crippen LogP contribution in [0.25, 0.3) is 0 Å². The summed E-state index contributed by atoms with van der Waals surface area (Å²) in [6.07, 6.45) is -0.685. The summed E-state index contributed by atoms with van der Waals surface area (Å²) in [5, 5.41) is 11.6. The van der Waals surface area contributed by atoms with Crippen LogP contribution in [-0.4, -0.2) is 29.1 Å². The number of carbonyl (C=O) groups is 2. The van der Waals surface area contributed by atoms with E-state index in [-0.39, 0.29) is 24.1 Å². The van der Waals surface area contributed by atoms with Gasteiger partial charge in [0.2, 0.25) is 5.91 Å². The maximum Gasteiger partial charge on any atom is 0.392 e. The van der Waals surface area contributed by atoms with Crippen LogP contribution in [0.5, 0.6) is 0 Å². The molecule has 10 heteroatoms. The van der Waals surface area contributed by atoms with Crippen LogP contribution in [-0.2, 0) is 16.0 Å². The van der Waals surface area contributed by atoms with E-state index in [0.29, 0.717) is 25.3 Å². The smallest absolute Gasteiger partial charge is 0.392 e. The summed E-state index contributed by atoms with van der Waals surface area (Å²) in [7, 11) is 0. The van der Waals surface area contributed by atoms with Crippen LogP contribution < -0.4 is 5.32 Å². The maximum atomic E-state index is 14.4. The molecule has 34 heavy (non-hydrogen) atoms. The Labute approximate surface area is 192 Å². The van der Waals surface area contributed by atoms with Gasteiger partial charge in [-0.1, -0.05) is 31.2 Å². The van der Waals surface area contributed by atoms with Gasteiger partial charge in [-0.2, -0.15) is 13.2 Å². The molecule has 1 unspecified atom stereocenters. The zero-order valence-electron chi connectivity index (χ0n) is 18.6.